The second-order valence-electron chi connectivity index (χ2n) is 5.47. The molecule has 0 atom stereocenters. The fourth-order valence-corrected chi connectivity index (χ4v) is 3.24. The highest BCUT2D eigenvalue weighted by Crippen LogP contribution is 2.31. The van der Waals surface area contributed by atoms with Crippen molar-refractivity contribution in [1.29, 1.82) is 0 Å². The normalized spacial score (nSPS) is 15.0. The summed E-state index contributed by atoms with van der Waals surface area (Å²) in [5.41, 5.74) is 1.75. The average molecular weight is 296 g/mol. The summed E-state index contributed by atoms with van der Waals surface area (Å²) in [6, 6.07) is 4.98. The molecule has 0 saturated heterocycles. The molecule has 0 aliphatic carbocycles. The average Bonchev–Trinajstić information content (AvgIpc) is 2.80. The summed E-state index contributed by atoms with van der Waals surface area (Å²) in [6.45, 7) is 4.36. The molecule has 0 unspecified atom stereocenters. The van der Waals surface area contributed by atoms with E-state index >= 15 is 0 Å². The summed E-state index contributed by atoms with van der Waals surface area (Å²) >= 11 is 0. The number of benzene rings is 1. The first-order valence-electron chi connectivity index (χ1n) is 6.62. The van der Waals surface area contributed by atoms with Crippen molar-refractivity contribution in [3.63, 3.8) is 0 Å². The Morgan fingerprint density at radius 3 is 2.50 bits per heavy atom. The second kappa shape index (κ2) is 5.18. The molecule has 1 aliphatic heterocycles. The second-order valence-corrected chi connectivity index (χ2v) is 7.62. The lowest BCUT2D eigenvalue weighted by Gasteiger charge is -2.20. The van der Waals surface area contributed by atoms with E-state index < -0.39 is 10.0 Å². The molecule has 0 bridgehead atoms. The van der Waals surface area contributed by atoms with Gasteiger partial charge in [0.25, 0.3) is 0 Å². The Morgan fingerprint density at radius 2 is 1.95 bits per heavy atom. The summed E-state index contributed by atoms with van der Waals surface area (Å²) in [6.07, 6.45) is 0.699. The van der Waals surface area contributed by atoms with Crippen molar-refractivity contribution in [3.8, 4) is 0 Å². The summed E-state index contributed by atoms with van der Waals surface area (Å²) in [5, 5.41) is 0. The molecule has 0 fully saturated rings. The van der Waals surface area contributed by atoms with Crippen LogP contribution in [-0.4, -0.2) is 39.3 Å². The van der Waals surface area contributed by atoms with Crippen LogP contribution in [-0.2, 0) is 21.2 Å². The van der Waals surface area contributed by atoms with E-state index in [0.29, 0.717) is 13.0 Å². The number of hydrogen-bond acceptors (Lipinski definition) is 3. The number of sulfonamides is 1. The zero-order chi connectivity index (χ0) is 15.1. The van der Waals surface area contributed by atoms with Gasteiger partial charge in [0.05, 0.1) is 4.90 Å². The van der Waals surface area contributed by atoms with Gasteiger partial charge in [0, 0.05) is 32.2 Å². The molecular weight excluding hydrogens is 276 g/mol. The fourth-order valence-electron chi connectivity index (χ4n) is 2.29. The van der Waals surface area contributed by atoms with Crippen molar-refractivity contribution in [2.75, 3.05) is 25.5 Å². The lowest BCUT2D eigenvalue weighted by molar-refractivity contribution is -0.121. The number of hydrogen-bond donors (Lipinski definition) is 0. The predicted molar refractivity (Wildman–Crippen MR) is 78.2 cm³/mol. The van der Waals surface area contributed by atoms with Crippen LogP contribution in [0.5, 0.6) is 0 Å². The quantitative estimate of drug-likeness (QED) is 0.849. The van der Waals surface area contributed by atoms with Gasteiger partial charge in [0.15, 0.2) is 0 Å². The zero-order valence-electron chi connectivity index (χ0n) is 12.3. The maximum absolute atomic E-state index is 12.1. The van der Waals surface area contributed by atoms with Gasteiger partial charge in [-0.15, -0.1) is 0 Å². The fraction of sp³-hybridized carbons (Fsp3) is 0.500. The maximum atomic E-state index is 12.1. The number of amides is 1. The third kappa shape index (κ3) is 2.45. The molecule has 1 heterocycles. The van der Waals surface area contributed by atoms with Crippen LogP contribution >= 0.6 is 0 Å². The Kier molecular flexibility index (Phi) is 3.88. The van der Waals surface area contributed by atoms with Gasteiger partial charge in [0.2, 0.25) is 15.9 Å². The van der Waals surface area contributed by atoms with Gasteiger partial charge < -0.3 is 4.90 Å². The Morgan fingerprint density at radius 1 is 1.30 bits per heavy atom. The number of carbonyl (C=O) groups excluding carboxylic acids is 1. The van der Waals surface area contributed by atoms with E-state index in [1.54, 1.807) is 23.1 Å². The summed E-state index contributed by atoms with van der Waals surface area (Å²) < 4.78 is 25.4. The van der Waals surface area contributed by atoms with E-state index in [-0.39, 0.29) is 16.7 Å². The molecule has 0 radical (unpaired) electrons. The minimum Gasteiger partial charge on any atom is -0.312 e. The van der Waals surface area contributed by atoms with Gasteiger partial charge in [-0.3, -0.25) is 4.79 Å². The first-order chi connectivity index (χ1) is 9.25. The highest BCUT2D eigenvalue weighted by atomic mass is 32.2. The SMILES string of the molecule is CC(C)C(=O)N1CCc2cc(S(=O)(=O)N(C)C)ccc21. The Hall–Kier alpha value is -1.40. The molecule has 0 N–H and O–H groups in total. The van der Waals surface area contributed by atoms with Gasteiger partial charge in [-0.25, -0.2) is 12.7 Å². The van der Waals surface area contributed by atoms with Crippen LogP contribution < -0.4 is 4.90 Å². The smallest absolute Gasteiger partial charge is 0.242 e. The van der Waals surface area contributed by atoms with Crippen LogP contribution in [0.25, 0.3) is 0 Å². The highest BCUT2D eigenvalue weighted by molar-refractivity contribution is 7.89. The van der Waals surface area contributed by atoms with Gasteiger partial charge in [-0.2, -0.15) is 0 Å². The van der Waals surface area contributed by atoms with Gasteiger partial charge >= 0.3 is 0 Å². The molecule has 5 nitrogen and oxygen atoms in total. The number of fused-ring (bicyclic) bond motifs is 1. The number of anilines is 1. The first kappa shape index (κ1) is 15.0. The van der Waals surface area contributed by atoms with Crippen LogP contribution in [0.15, 0.2) is 23.1 Å². The topological polar surface area (TPSA) is 57.7 Å². The Labute approximate surface area is 120 Å². The highest BCUT2D eigenvalue weighted by Gasteiger charge is 2.28. The van der Waals surface area contributed by atoms with Crippen LogP contribution in [0.1, 0.15) is 19.4 Å². The molecule has 0 saturated carbocycles. The molecule has 2 rings (SSSR count). The summed E-state index contributed by atoms with van der Waals surface area (Å²) in [4.78, 5) is 14.1. The summed E-state index contributed by atoms with van der Waals surface area (Å²) in [7, 11) is -0.401. The standard InChI is InChI=1S/C14H20N2O3S/c1-10(2)14(17)16-8-7-11-9-12(5-6-13(11)16)20(18,19)15(3)4/h5-6,9-10H,7-8H2,1-4H3. The maximum Gasteiger partial charge on any atom is 0.242 e. The van der Waals surface area contributed by atoms with Gasteiger partial charge in [-0.1, -0.05) is 13.8 Å². The molecule has 6 heteroatoms. The van der Waals surface area contributed by atoms with Crippen molar-refractivity contribution in [1.82, 2.24) is 4.31 Å². The van der Waals surface area contributed by atoms with Crippen LogP contribution in [0.2, 0.25) is 0 Å². The molecule has 0 aromatic heterocycles. The van der Waals surface area contributed by atoms with Crippen molar-refractivity contribution < 1.29 is 13.2 Å². The molecule has 0 spiro atoms. The minimum absolute atomic E-state index is 0.0638. The number of nitrogens with zero attached hydrogens (tertiary/aromatic N) is 2. The van der Waals surface area contributed by atoms with Gasteiger partial charge in [0.1, 0.15) is 0 Å². The van der Waals surface area contributed by atoms with Gasteiger partial charge in [-0.05, 0) is 30.2 Å². The molecule has 1 aliphatic rings. The lowest BCUT2D eigenvalue weighted by atomic mass is 10.1. The van der Waals surface area contributed by atoms with Crippen molar-refractivity contribution in [3.05, 3.63) is 23.8 Å². The number of rotatable bonds is 3. The molecule has 110 valence electrons. The molecule has 1 aromatic carbocycles. The van der Waals surface area contributed by atoms with Crippen LogP contribution in [0, 0.1) is 5.92 Å². The Bertz CT molecular complexity index is 636. The zero-order valence-corrected chi connectivity index (χ0v) is 13.1. The first-order valence-corrected chi connectivity index (χ1v) is 8.06. The van der Waals surface area contributed by atoms with E-state index in [2.05, 4.69) is 0 Å². The minimum atomic E-state index is -3.42. The van der Waals surface area contributed by atoms with Crippen molar-refractivity contribution in [2.24, 2.45) is 5.92 Å². The van der Waals surface area contributed by atoms with E-state index in [9.17, 15) is 13.2 Å². The van der Waals surface area contributed by atoms with E-state index in [1.165, 1.54) is 18.4 Å². The predicted octanol–water partition coefficient (Wildman–Crippen LogP) is 1.48. The van der Waals surface area contributed by atoms with E-state index in [4.69, 9.17) is 0 Å². The van der Waals surface area contributed by atoms with Crippen LogP contribution in [0.3, 0.4) is 0 Å². The monoisotopic (exact) mass is 296 g/mol. The molecule has 1 aromatic rings. The van der Waals surface area contributed by atoms with E-state index in [0.717, 1.165) is 11.3 Å². The van der Waals surface area contributed by atoms with Crippen LogP contribution in [0.4, 0.5) is 5.69 Å². The molecule has 1 amide bonds. The molecule has 20 heavy (non-hydrogen) atoms. The van der Waals surface area contributed by atoms with Crippen molar-refractivity contribution in [2.45, 2.75) is 25.2 Å². The summed E-state index contributed by atoms with van der Waals surface area (Å²) in [5.74, 6) is 0.0121. The molecular formula is C14H20N2O3S. The number of carbonyl (C=O) groups is 1. The third-order valence-corrected chi connectivity index (χ3v) is 5.30. The third-order valence-electron chi connectivity index (χ3n) is 3.49. The lowest BCUT2D eigenvalue weighted by Crippen LogP contribution is -2.32. The van der Waals surface area contributed by atoms with Crippen molar-refractivity contribution >= 4 is 21.6 Å². The van der Waals surface area contributed by atoms with E-state index in [1.807, 2.05) is 13.8 Å². The largest absolute Gasteiger partial charge is 0.312 e. The Balaban J connectivity index is 2.40.